The van der Waals surface area contributed by atoms with Crippen LogP contribution in [0.1, 0.15) is 32.1 Å². The van der Waals surface area contributed by atoms with Crippen molar-refractivity contribution in [2.75, 3.05) is 13.1 Å². The van der Waals surface area contributed by atoms with Crippen LogP contribution in [0.2, 0.25) is 0 Å². The third-order valence-electron chi connectivity index (χ3n) is 4.28. The zero-order valence-corrected chi connectivity index (χ0v) is 12.7. The summed E-state index contributed by atoms with van der Waals surface area (Å²) < 4.78 is 4.81. The van der Waals surface area contributed by atoms with Crippen LogP contribution >= 0.6 is 0 Å². The number of aryl methyl sites for hydroxylation is 2. The zero-order valence-electron chi connectivity index (χ0n) is 12.7. The van der Waals surface area contributed by atoms with Crippen LogP contribution in [0.15, 0.2) is 9.59 Å². The highest BCUT2D eigenvalue weighted by atomic mass is 16.2. The summed E-state index contributed by atoms with van der Waals surface area (Å²) in [6.45, 7) is 5.99. The molecule has 114 valence electrons. The molecule has 0 spiro atoms. The Labute approximate surface area is 122 Å². The fourth-order valence-corrected chi connectivity index (χ4v) is 3.17. The predicted molar refractivity (Wildman–Crippen MR) is 80.8 cm³/mol. The number of nitrogens with one attached hydrogen (secondary N) is 1. The molecule has 0 bridgehead atoms. The molecule has 1 N–H and O–H groups in total. The van der Waals surface area contributed by atoms with Gasteiger partial charge in [-0.1, -0.05) is 6.92 Å². The molecule has 1 aliphatic rings. The van der Waals surface area contributed by atoms with Crippen LogP contribution in [0.4, 0.5) is 0 Å². The molecule has 1 atom stereocenters. The molecule has 3 heterocycles. The van der Waals surface area contributed by atoms with Gasteiger partial charge in [-0.25, -0.2) is 9.78 Å². The van der Waals surface area contributed by atoms with Crippen molar-refractivity contribution in [3.05, 3.63) is 26.7 Å². The standard InChI is InChI=1S/C14H21N5O2/c1-4-10-16-12-11(19(10)9-6-7-15-8-9)13(20)18(5-2)14(21)17(12)3/h9,15H,4-8H2,1-3H3. The molecule has 7 heteroatoms. The molecular weight excluding hydrogens is 270 g/mol. The van der Waals surface area contributed by atoms with Crippen molar-refractivity contribution in [3.8, 4) is 0 Å². The summed E-state index contributed by atoms with van der Waals surface area (Å²) in [6, 6.07) is 0.237. The number of rotatable bonds is 3. The molecule has 1 saturated heterocycles. The molecule has 1 unspecified atom stereocenters. The first-order valence-corrected chi connectivity index (χ1v) is 7.51. The minimum absolute atomic E-state index is 0.227. The van der Waals surface area contributed by atoms with E-state index in [4.69, 9.17) is 0 Å². The largest absolute Gasteiger partial charge is 0.332 e. The first-order chi connectivity index (χ1) is 10.1. The number of imidazole rings is 1. The average molecular weight is 291 g/mol. The normalized spacial score (nSPS) is 18.7. The molecule has 0 aliphatic carbocycles. The average Bonchev–Trinajstić information content (AvgIpc) is 3.12. The van der Waals surface area contributed by atoms with Crippen LogP contribution < -0.4 is 16.6 Å². The van der Waals surface area contributed by atoms with Crippen LogP contribution in [0.25, 0.3) is 11.2 Å². The summed E-state index contributed by atoms with van der Waals surface area (Å²) in [6.07, 6.45) is 1.72. The van der Waals surface area contributed by atoms with E-state index in [0.29, 0.717) is 17.7 Å². The van der Waals surface area contributed by atoms with E-state index < -0.39 is 0 Å². The Morgan fingerprint density at radius 2 is 2.10 bits per heavy atom. The lowest BCUT2D eigenvalue weighted by atomic mass is 10.2. The van der Waals surface area contributed by atoms with Gasteiger partial charge in [-0.3, -0.25) is 13.9 Å². The van der Waals surface area contributed by atoms with Crippen LogP contribution in [-0.2, 0) is 20.0 Å². The number of nitrogens with zero attached hydrogens (tertiary/aromatic N) is 4. The highest BCUT2D eigenvalue weighted by Gasteiger charge is 2.25. The molecule has 0 aromatic carbocycles. The van der Waals surface area contributed by atoms with Crippen molar-refractivity contribution in [2.24, 2.45) is 7.05 Å². The quantitative estimate of drug-likeness (QED) is 0.865. The van der Waals surface area contributed by atoms with Crippen LogP contribution in [-0.4, -0.2) is 31.8 Å². The van der Waals surface area contributed by atoms with Gasteiger partial charge in [0.15, 0.2) is 11.2 Å². The summed E-state index contributed by atoms with van der Waals surface area (Å²) in [7, 11) is 1.68. The Hall–Kier alpha value is -1.89. The monoisotopic (exact) mass is 291 g/mol. The van der Waals surface area contributed by atoms with Gasteiger partial charge < -0.3 is 9.88 Å². The lowest BCUT2D eigenvalue weighted by Crippen LogP contribution is -2.39. The summed E-state index contributed by atoms with van der Waals surface area (Å²) in [4.78, 5) is 29.5. The molecule has 2 aromatic rings. The van der Waals surface area contributed by atoms with Gasteiger partial charge in [0.05, 0.1) is 0 Å². The van der Waals surface area contributed by atoms with Gasteiger partial charge in [0, 0.05) is 32.6 Å². The smallest absolute Gasteiger partial charge is 0.318 e. The second-order valence-electron chi connectivity index (χ2n) is 5.46. The van der Waals surface area contributed by atoms with E-state index >= 15 is 0 Å². The number of aromatic nitrogens is 4. The van der Waals surface area contributed by atoms with Crippen molar-refractivity contribution in [2.45, 2.75) is 39.3 Å². The molecule has 1 aliphatic heterocycles. The van der Waals surface area contributed by atoms with E-state index in [1.165, 1.54) is 9.13 Å². The van der Waals surface area contributed by atoms with Crippen LogP contribution in [0.5, 0.6) is 0 Å². The lowest BCUT2D eigenvalue weighted by Gasteiger charge is -2.15. The fraction of sp³-hybridized carbons (Fsp3) is 0.643. The minimum Gasteiger partial charge on any atom is -0.318 e. The van der Waals surface area contributed by atoms with Gasteiger partial charge in [0.25, 0.3) is 5.56 Å². The molecule has 3 rings (SSSR count). The molecule has 21 heavy (non-hydrogen) atoms. The summed E-state index contributed by atoms with van der Waals surface area (Å²) in [5.41, 5.74) is 0.532. The maximum atomic E-state index is 12.7. The predicted octanol–water partition coefficient (Wildman–Crippen LogP) is 0.0134. The van der Waals surface area contributed by atoms with E-state index in [9.17, 15) is 9.59 Å². The van der Waals surface area contributed by atoms with Gasteiger partial charge in [0.1, 0.15) is 5.82 Å². The van der Waals surface area contributed by atoms with Crippen LogP contribution in [0, 0.1) is 0 Å². The summed E-state index contributed by atoms with van der Waals surface area (Å²) in [5, 5.41) is 3.32. The summed E-state index contributed by atoms with van der Waals surface area (Å²) >= 11 is 0. The Morgan fingerprint density at radius 3 is 2.67 bits per heavy atom. The van der Waals surface area contributed by atoms with Gasteiger partial charge in [-0.15, -0.1) is 0 Å². The van der Waals surface area contributed by atoms with E-state index in [1.54, 1.807) is 7.05 Å². The third kappa shape index (κ3) is 1.95. The Kier molecular flexibility index (Phi) is 3.44. The van der Waals surface area contributed by atoms with E-state index in [2.05, 4.69) is 10.3 Å². The highest BCUT2D eigenvalue weighted by Crippen LogP contribution is 2.22. The Balaban J connectivity index is 2.43. The number of hydrogen-bond acceptors (Lipinski definition) is 4. The molecular formula is C14H21N5O2. The Bertz CT molecular complexity index is 792. The summed E-state index contributed by atoms with van der Waals surface area (Å²) in [5.74, 6) is 0.875. The highest BCUT2D eigenvalue weighted by molar-refractivity contribution is 5.71. The fourth-order valence-electron chi connectivity index (χ4n) is 3.17. The van der Waals surface area contributed by atoms with E-state index in [-0.39, 0.29) is 17.3 Å². The van der Waals surface area contributed by atoms with E-state index in [1.807, 2.05) is 18.4 Å². The molecule has 0 amide bonds. The van der Waals surface area contributed by atoms with E-state index in [0.717, 1.165) is 31.8 Å². The third-order valence-corrected chi connectivity index (χ3v) is 4.28. The van der Waals surface area contributed by atoms with Crippen molar-refractivity contribution in [1.82, 2.24) is 24.0 Å². The molecule has 0 saturated carbocycles. The molecule has 0 radical (unpaired) electrons. The maximum Gasteiger partial charge on any atom is 0.332 e. The first kappa shape index (κ1) is 14.1. The van der Waals surface area contributed by atoms with Crippen molar-refractivity contribution >= 4 is 11.2 Å². The maximum absolute atomic E-state index is 12.7. The van der Waals surface area contributed by atoms with Crippen molar-refractivity contribution < 1.29 is 0 Å². The molecule has 7 nitrogen and oxygen atoms in total. The molecule has 1 fully saturated rings. The van der Waals surface area contributed by atoms with Gasteiger partial charge in [0.2, 0.25) is 0 Å². The van der Waals surface area contributed by atoms with Gasteiger partial charge in [-0.2, -0.15) is 0 Å². The topological polar surface area (TPSA) is 73.8 Å². The van der Waals surface area contributed by atoms with Gasteiger partial charge in [-0.05, 0) is 19.9 Å². The minimum atomic E-state index is -0.299. The zero-order chi connectivity index (χ0) is 15.1. The van der Waals surface area contributed by atoms with Crippen molar-refractivity contribution in [3.63, 3.8) is 0 Å². The SMILES string of the molecule is CCc1nc2c(c(=O)n(CC)c(=O)n2C)n1C1CCNC1. The van der Waals surface area contributed by atoms with Crippen LogP contribution in [0.3, 0.4) is 0 Å². The Morgan fingerprint density at radius 1 is 1.33 bits per heavy atom. The number of fused-ring (bicyclic) bond motifs is 1. The number of hydrogen-bond donors (Lipinski definition) is 1. The second-order valence-corrected chi connectivity index (χ2v) is 5.46. The lowest BCUT2D eigenvalue weighted by molar-refractivity contribution is 0.534. The van der Waals surface area contributed by atoms with Crippen molar-refractivity contribution in [1.29, 1.82) is 0 Å². The first-order valence-electron chi connectivity index (χ1n) is 7.51. The molecule has 2 aromatic heterocycles. The second kappa shape index (κ2) is 5.14. The van der Waals surface area contributed by atoms with Gasteiger partial charge >= 0.3 is 5.69 Å².